The lowest BCUT2D eigenvalue weighted by Crippen LogP contribution is -2.15. The summed E-state index contributed by atoms with van der Waals surface area (Å²) in [5.74, 6) is -0.0667. The average molecular weight is 180 g/mol. The Morgan fingerprint density at radius 3 is 2.46 bits per heavy atom. The SMILES string of the molecule is CC(C)(O)c1ccc(O)c(C=O)c1. The summed E-state index contributed by atoms with van der Waals surface area (Å²) < 4.78 is 0. The smallest absolute Gasteiger partial charge is 0.153 e. The van der Waals surface area contributed by atoms with E-state index in [4.69, 9.17) is 0 Å². The Morgan fingerprint density at radius 2 is 2.00 bits per heavy atom. The van der Waals surface area contributed by atoms with Gasteiger partial charge in [-0.05, 0) is 31.5 Å². The van der Waals surface area contributed by atoms with Gasteiger partial charge in [-0.2, -0.15) is 0 Å². The van der Waals surface area contributed by atoms with Gasteiger partial charge >= 0.3 is 0 Å². The van der Waals surface area contributed by atoms with Gasteiger partial charge in [0.2, 0.25) is 0 Å². The zero-order valence-electron chi connectivity index (χ0n) is 7.61. The van der Waals surface area contributed by atoms with Crippen LogP contribution in [0.5, 0.6) is 5.75 Å². The summed E-state index contributed by atoms with van der Waals surface area (Å²) in [7, 11) is 0. The molecular formula is C10H12O3. The number of aliphatic hydroxyl groups is 1. The predicted octanol–water partition coefficient (Wildman–Crippen LogP) is 1.43. The predicted molar refractivity (Wildman–Crippen MR) is 48.7 cm³/mol. The van der Waals surface area contributed by atoms with Crippen LogP contribution >= 0.6 is 0 Å². The molecule has 0 saturated carbocycles. The third-order valence-electron chi connectivity index (χ3n) is 1.86. The van der Waals surface area contributed by atoms with Crippen LogP contribution in [0.25, 0.3) is 0 Å². The van der Waals surface area contributed by atoms with Crippen molar-refractivity contribution in [2.75, 3.05) is 0 Å². The monoisotopic (exact) mass is 180 g/mol. The fourth-order valence-electron chi connectivity index (χ4n) is 1.03. The van der Waals surface area contributed by atoms with Gasteiger partial charge in [0.15, 0.2) is 6.29 Å². The number of aromatic hydroxyl groups is 1. The first-order valence-corrected chi connectivity index (χ1v) is 3.96. The maximum Gasteiger partial charge on any atom is 0.153 e. The van der Waals surface area contributed by atoms with E-state index in [1.54, 1.807) is 19.9 Å². The first kappa shape index (κ1) is 9.74. The highest BCUT2D eigenvalue weighted by molar-refractivity contribution is 5.79. The van der Waals surface area contributed by atoms with E-state index >= 15 is 0 Å². The van der Waals surface area contributed by atoms with E-state index < -0.39 is 5.60 Å². The van der Waals surface area contributed by atoms with Gasteiger partial charge in [0.05, 0.1) is 11.2 Å². The van der Waals surface area contributed by atoms with Gasteiger partial charge in [0.1, 0.15) is 5.75 Å². The van der Waals surface area contributed by atoms with Crippen LogP contribution in [0.3, 0.4) is 0 Å². The second-order valence-corrected chi connectivity index (χ2v) is 3.45. The van der Waals surface area contributed by atoms with Crippen molar-refractivity contribution < 1.29 is 15.0 Å². The van der Waals surface area contributed by atoms with Crippen LogP contribution in [0.4, 0.5) is 0 Å². The van der Waals surface area contributed by atoms with E-state index in [9.17, 15) is 15.0 Å². The molecule has 0 aromatic heterocycles. The molecule has 0 aliphatic heterocycles. The molecule has 3 heteroatoms. The van der Waals surface area contributed by atoms with Crippen LogP contribution in [0.15, 0.2) is 18.2 Å². The summed E-state index contributed by atoms with van der Waals surface area (Å²) >= 11 is 0. The summed E-state index contributed by atoms with van der Waals surface area (Å²) in [5, 5.41) is 18.8. The molecule has 0 fully saturated rings. The summed E-state index contributed by atoms with van der Waals surface area (Å²) in [4.78, 5) is 10.5. The second-order valence-electron chi connectivity index (χ2n) is 3.45. The molecule has 0 amide bonds. The van der Waals surface area contributed by atoms with Crippen molar-refractivity contribution in [1.29, 1.82) is 0 Å². The zero-order valence-corrected chi connectivity index (χ0v) is 7.61. The highest BCUT2D eigenvalue weighted by Gasteiger charge is 2.16. The number of rotatable bonds is 2. The minimum atomic E-state index is -0.995. The lowest BCUT2D eigenvalue weighted by atomic mass is 9.96. The van der Waals surface area contributed by atoms with Crippen LogP contribution in [-0.4, -0.2) is 16.5 Å². The molecule has 0 aliphatic rings. The maximum atomic E-state index is 10.5. The van der Waals surface area contributed by atoms with Crippen molar-refractivity contribution in [2.45, 2.75) is 19.4 Å². The Balaban J connectivity index is 3.21. The molecule has 1 aromatic carbocycles. The number of phenolic OH excluding ortho intramolecular Hbond substituents is 1. The third kappa shape index (κ3) is 2.06. The highest BCUT2D eigenvalue weighted by Crippen LogP contribution is 2.24. The van der Waals surface area contributed by atoms with Gasteiger partial charge in [0.25, 0.3) is 0 Å². The van der Waals surface area contributed by atoms with Gasteiger partial charge in [-0.1, -0.05) is 6.07 Å². The van der Waals surface area contributed by atoms with E-state index in [2.05, 4.69) is 0 Å². The molecule has 0 heterocycles. The third-order valence-corrected chi connectivity index (χ3v) is 1.86. The normalized spacial score (nSPS) is 11.3. The van der Waals surface area contributed by atoms with Gasteiger partial charge < -0.3 is 10.2 Å². The Hall–Kier alpha value is -1.35. The second kappa shape index (κ2) is 3.18. The van der Waals surface area contributed by atoms with Crippen molar-refractivity contribution in [3.63, 3.8) is 0 Å². The minimum Gasteiger partial charge on any atom is -0.507 e. The minimum absolute atomic E-state index is 0.0667. The Morgan fingerprint density at radius 1 is 1.38 bits per heavy atom. The number of benzene rings is 1. The lowest BCUT2D eigenvalue weighted by molar-refractivity contribution is 0.0785. The molecule has 13 heavy (non-hydrogen) atoms. The average Bonchev–Trinajstić information content (AvgIpc) is 2.03. The van der Waals surface area contributed by atoms with E-state index in [1.807, 2.05) is 0 Å². The van der Waals surface area contributed by atoms with Crippen LogP contribution in [0.2, 0.25) is 0 Å². The number of carbonyl (C=O) groups is 1. The van der Waals surface area contributed by atoms with Gasteiger partial charge in [0, 0.05) is 0 Å². The number of phenols is 1. The van der Waals surface area contributed by atoms with Gasteiger partial charge in [-0.15, -0.1) is 0 Å². The Kier molecular flexibility index (Phi) is 2.38. The summed E-state index contributed by atoms with van der Waals surface area (Å²) in [6.07, 6.45) is 0.560. The van der Waals surface area contributed by atoms with Gasteiger partial charge in [-0.3, -0.25) is 4.79 Å². The van der Waals surface area contributed by atoms with Crippen molar-refractivity contribution in [1.82, 2.24) is 0 Å². The summed E-state index contributed by atoms with van der Waals surface area (Å²) in [6, 6.07) is 4.46. The number of aldehydes is 1. The van der Waals surface area contributed by atoms with Gasteiger partial charge in [-0.25, -0.2) is 0 Å². The van der Waals surface area contributed by atoms with Crippen molar-refractivity contribution in [3.05, 3.63) is 29.3 Å². The first-order chi connectivity index (χ1) is 5.95. The molecule has 0 atom stereocenters. The molecule has 0 aliphatic carbocycles. The molecule has 0 unspecified atom stereocenters. The molecule has 3 nitrogen and oxygen atoms in total. The molecule has 0 radical (unpaired) electrons. The van der Waals surface area contributed by atoms with E-state index in [0.717, 1.165) is 0 Å². The molecule has 0 bridgehead atoms. The van der Waals surface area contributed by atoms with E-state index in [1.165, 1.54) is 12.1 Å². The topological polar surface area (TPSA) is 57.5 Å². The largest absolute Gasteiger partial charge is 0.507 e. The molecule has 0 saturated heterocycles. The van der Waals surface area contributed by atoms with Crippen LogP contribution in [0.1, 0.15) is 29.8 Å². The van der Waals surface area contributed by atoms with Crippen molar-refractivity contribution >= 4 is 6.29 Å². The fourth-order valence-corrected chi connectivity index (χ4v) is 1.03. The summed E-state index contributed by atoms with van der Waals surface area (Å²) in [5.41, 5.74) is -0.196. The highest BCUT2D eigenvalue weighted by atomic mass is 16.3. The number of hydrogen-bond acceptors (Lipinski definition) is 3. The summed E-state index contributed by atoms with van der Waals surface area (Å²) in [6.45, 7) is 3.24. The first-order valence-electron chi connectivity index (χ1n) is 3.96. The standard InChI is InChI=1S/C10H12O3/c1-10(2,13)8-3-4-9(12)7(5-8)6-11/h3-6,12-13H,1-2H3. The molecule has 1 aromatic rings. The Labute approximate surface area is 76.6 Å². The number of hydrogen-bond donors (Lipinski definition) is 2. The molecule has 0 spiro atoms. The quantitative estimate of drug-likeness (QED) is 0.677. The maximum absolute atomic E-state index is 10.5. The van der Waals surface area contributed by atoms with Crippen molar-refractivity contribution in [3.8, 4) is 5.75 Å². The molecule has 1 rings (SSSR count). The molecule has 2 N–H and O–H groups in total. The van der Waals surface area contributed by atoms with E-state index in [0.29, 0.717) is 11.8 Å². The lowest BCUT2D eigenvalue weighted by Gasteiger charge is -2.18. The number of carbonyl (C=O) groups excluding carboxylic acids is 1. The Bertz CT molecular complexity index is 323. The van der Waals surface area contributed by atoms with Crippen LogP contribution in [-0.2, 0) is 5.60 Å². The zero-order chi connectivity index (χ0) is 10.1. The van der Waals surface area contributed by atoms with Crippen molar-refractivity contribution in [2.24, 2.45) is 0 Å². The van der Waals surface area contributed by atoms with Crippen LogP contribution in [0, 0.1) is 0 Å². The fraction of sp³-hybridized carbons (Fsp3) is 0.300. The van der Waals surface area contributed by atoms with E-state index in [-0.39, 0.29) is 11.3 Å². The molecule has 70 valence electrons. The molecular weight excluding hydrogens is 168 g/mol. The van der Waals surface area contributed by atoms with Crippen LogP contribution < -0.4 is 0 Å².